The normalized spacial score (nSPS) is 10.5. The van der Waals surface area contributed by atoms with Gasteiger partial charge in [-0.1, -0.05) is 11.8 Å². The van der Waals surface area contributed by atoms with Gasteiger partial charge < -0.3 is 16.8 Å². The Morgan fingerprint density at radius 2 is 1.77 bits per heavy atom. The van der Waals surface area contributed by atoms with Crippen molar-refractivity contribution in [2.45, 2.75) is 5.16 Å². The number of hydrogen-bond acceptors (Lipinski definition) is 6. The molecule has 0 fully saturated rings. The number of aromatic nitrogens is 2. The van der Waals surface area contributed by atoms with Crippen LogP contribution in [-0.4, -0.2) is 21.6 Å². The fourth-order valence-electron chi connectivity index (χ4n) is 1.47. The largest absolute Gasteiger partial charge is 0.383 e. The summed E-state index contributed by atoms with van der Waals surface area (Å²) in [6.45, 7) is 0. The molecule has 0 radical (unpaired) electrons. The molecule has 2 aromatic rings. The molecular weight excluding hydrogens is 319 g/mol. The minimum Gasteiger partial charge on any atom is -0.383 e. The Balaban J connectivity index is 2.00. The summed E-state index contributed by atoms with van der Waals surface area (Å²) in [4.78, 5) is 19.4. The zero-order valence-electron chi connectivity index (χ0n) is 10.9. The van der Waals surface area contributed by atoms with Crippen molar-refractivity contribution in [3.05, 3.63) is 35.7 Å². The molecular formula is C12H10F3N5OS. The number of anilines is 3. The molecule has 0 saturated heterocycles. The second-order valence-electron chi connectivity index (χ2n) is 4.06. The summed E-state index contributed by atoms with van der Waals surface area (Å²) in [6.07, 6.45) is 0. The summed E-state index contributed by atoms with van der Waals surface area (Å²) in [5.41, 5.74) is 10.5. The number of hydrogen-bond donors (Lipinski definition) is 3. The summed E-state index contributed by atoms with van der Waals surface area (Å²) in [6, 6.07) is 2.98. The smallest absolute Gasteiger partial charge is 0.234 e. The summed E-state index contributed by atoms with van der Waals surface area (Å²) in [7, 11) is 0. The number of nitrogens with two attached hydrogens (primary N) is 2. The van der Waals surface area contributed by atoms with Crippen molar-refractivity contribution >= 4 is 35.0 Å². The Morgan fingerprint density at radius 3 is 2.41 bits per heavy atom. The fourth-order valence-corrected chi connectivity index (χ4v) is 2.14. The number of carbonyl (C=O) groups excluding carboxylic acids is 1. The maximum atomic E-state index is 13.4. The van der Waals surface area contributed by atoms with Gasteiger partial charge in [-0.2, -0.15) is 0 Å². The van der Waals surface area contributed by atoms with Crippen LogP contribution in [0, 0.1) is 17.5 Å². The van der Waals surface area contributed by atoms with Gasteiger partial charge in [0.1, 0.15) is 11.6 Å². The standard InChI is InChI=1S/C12H10F3N5OS/c13-5-1-2-6(11(15)10(5)14)18-9(21)4-22-12-19-7(16)3-8(17)20-12/h1-3H,4H2,(H,18,21)(H4,16,17,19,20). The molecule has 6 nitrogen and oxygen atoms in total. The molecule has 0 aliphatic carbocycles. The van der Waals surface area contributed by atoms with Gasteiger partial charge in [-0.15, -0.1) is 0 Å². The average Bonchev–Trinajstić information content (AvgIpc) is 2.45. The molecule has 0 aliphatic rings. The van der Waals surface area contributed by atoms with Crippen LogP contribution in [0.25, 0.3) is 0 Å². The first-order valence-corrected chi connectivity index (χ1v) is 6.81. The number of nitrogen functional groups attached to an aromatic ring is 2. The zero-order chi connectivity index (χ0) is 16.3. The molecule has 5 N–H and O–H groups in total. The summed E-state index contributed by atoms with van der Waals surface area (Å²) < 4.78 is 39.2. The van der Waals surface area contributed by atoms with Gasteiger partial charge in [0.2, 0.25) is 5.91 Å². The van der Waals surface area contributed by atoms with Gasteiger partial charge in [-0.3, -0.25) is 4.79 Å². The van der Waals surface area contributed by atoms with Crippen LogP contribution < -0.4 is 16.8 Å². The van der Waals surface area contributed by atoms with Crippen LogP contribution in [0.4, 0.5) is 30.5 Å². The van der Waals surface area contributed by atoms with Crippen molar-refractivity contribution in [3.8, 4) is 0 Å². The lowest BCUT2D eigenvalue weighted by Gasteiger charge is -2.07. The first-order chi connectivity index (χ1) is 10.4. The quantitative estimate of drug-likeness (QED) is 0.448. The zero-order valence-corrected chi connectivity index (χ0v) is 11.8. The molecule has 0 spiro atoms. The van der Waals surface area contributed by atoms with E-state index in [2.05, 4.69) is 15.3 Å². The van der Waals surface area contributed by atoms with Crippen LogP contribution >= 0.6 is 11.8 Å². The monoisotopic (exact) mass is 329 g/mol. The van der Waals surface area contributed by atoms with Crippen LogP contribution in [0.1, 0.15) is 0 Å². The van der Waals surface area contributed by atoms with Crippen molar-refractivity contribution in [2.75, 3.05) is 22.5 Å². The highest BCUT2D eigenvalue weighted by atomic mass is 32.2. The topological polar surface area (TPSA) is 107 Å². The van der Waals surface area contributed by atoms with Crippen LogP contribution in [0.3, 0.4) is 0 Å². The number of halogens is 3. The predicted molar refractivity (Wildman–Crippen MR) is 76.5 cm³/mol. The summed E-state index contributed by atoms with van der Waals surface area (Å²) in [5.74, 6) is -5.03. The van der Waals surface area contributed by atoms with Gasteiger partial charge in [0, 0.05) is 6.07 Å². The minimum absolute atomic E-state index is 0.141. The second-order valence-corrected chi connectivity index (χ2v) is 5.00. The minimum atomic E-state index is -1.66. The van der Waals surface area contributed by atoms with Gasteiger partial charge in [-0.25, -0.2) is 23.1 Å². The third-order valence-corrected chi connectivity index (χ3v) is 3.23. The van der Waals surface area contributed by atoms with Crippen LogP contribution in [0.15, 0.2) is 23.4 Å². The van der Waals surface area contributed by atoms with Crippen molar-refractivity contribution < 1.29 is 18.0 Å². The second kappa shape index (κ2) is 6.52. The molecule has 2 rings (SSSR count). The van der Waals surface area contributed by atoms with E-state index in [0.717, 1.165) is 17.8 Å². The molecule has 116 valence electrons. The van der Waals surface area contributed by atoms with Crippen LogP contribution in [0.5, 0.6) is 0 Å². The van der Waals surface area contributed by atoms with E-state index >= 15 is 0 Å². The number of amides is 1. The van der Waals surface area contributed by atoms with E-state index in [1.54, 1.807) is 0 Å². The third kappa shape index (κ3) is 3.79. The predicted octanol–water partition coefficient (Wildman–Crippen LogP) is 1.79. The first-order valence-electron chi connectivity index (χ1n) is 5.83. The van der Waals surface area contributed by atoms with Crippen molar-refractivity contribution in [3.63, 3.8) is 0 Å². The van der Waals surface area contributed by atoms with Gasteiger partial charge in [-0.05, 0) is 12.1 Å². The third-order valence-electron chi connectivity index (χ3n) is 2.39. The van der Waals surface area contributed by atoms with E-state index in [0.29, 0.717) is 6.07 Å². The van der Waals surface area contributed by atoms with E-state index in [1.807, 2.05) is 0 Å². The number of rotatable bonds is 4. The molecule has 0 atom stereocenters. The van der Waals surface area contributed by atoms with Crippen molar-refractivity contribution in [1.82, 2.24) is 9.97 Å². The maximum absolute atomic E-state index is 13.4. The SMILES string of the molecule is Nc1cc(N)nc(SCC(=O)Nc2ccc(F)c(F)c2F)n1. The lowest BCUT2D eigenvalue weighted by atomic mass is 10.3. The summed E-state index contributed by atoms with van der Waals surface area (Å²) >= 11 is 0.905. The molecule has 1 amide bonds. The van der Waals surface area contributed by atoms with Gasteiger partial charge in [0.25, 0.3) is 0 Å². The molecule has 1 aromatic heterocycles. The molecule has 10 heteroatoms. The number of thioether (sulfide) groups is 1. The van der Waals surface area contributed by atoms with Crippen molar-refractivity contribution in [2.24, 2.45) is 0 Å². The van der Waals surface area contributed by atoms with Crippen molar-refractivity contribution in [1.29, 1.82) is 0 Å². The Labute approximate surface area is 127 Å². The number of nitrogens with zero attached hydrogens (tertiary/aromatic N) is 2. The molecule has 1 aromatic carbocycles. The Bertz CT molecular complexity index is 708. The van der Waals surface area contributed by atoms with E-state index < -0.39 is 29.0 Å². The highest BCUT2D eigenvalue weighted by molar-refractivity contribution is 7.99. The van der Waals surface area contributed by atoms with E-state index in [-0.39, 0.29) is 22.5 Å². The summed E-state index contributed by atoms with van der Waals surface area (Å²) in [5, 5.41) is 2.28. The highest BCUT2D eigenvalue weighted by Gasteiger charge is 2.15. The Kier molecular flexibility index (Phi) is 4.71. The average molecular weight is 329 g/mol. The maximum Gasteiger partial charge on any atom is 0.234 e. The Hall–Kier alpha value is -2.49. The molecule has 22 heavy (non-hydrogen) atoms. The molecule has 1 heterocycles. The van der Waals surface area contributed by atoms with Crippen LogP contribution in [0.2, 0.25) is 0 Å². The van der Waals surface area contributed by atoms with Crippen LogP contribution in [-0.2, 0) is 4.79 Å². The number of nitrogens with one attached hydrogen (secondary N) is 1. The fraction of sp³-hybridized carbons (Fsp3) is 0.0833. The van der Waals surface area contributed by atoms with Gasteiger partial charge in [0.05, 0.1) is 11.4 Å². The van der Waals surface area contributed by atoms with Gasteiger partial charge >= 0.3 is 0 Å². The highest BCUT2D eigenvalue weighted by Crippen LogP contribution is 2.21. The Morgan fingerprint density at radius 1 is 1.14 bits per heavy atom. The number of benzene rings is 1. The lowest BCUT2D eigenvalue weighted by molar-refractivity contribution is -0.113. The van der Waals surface area contributed by atoms with E-state index in [1.165, 1.54) is 6.07 Å². The number of carbonyl (C=O) groups is 1. The van der Waals surface area contributed by atoms with E-state index in [9.17, 15) is 18.0 Å². The molecule has 0 unspecified atom stereocenters. The lowest BCUT2D eigenvalue weighted by Crippen LogP contribution is -2.16. The van der Waals surface area contributed by atoms with Gasteiger partial charge in [0.15, 0.2) is 22.6 Å². The molecule has 0 saturated carbocycles. The first kappa shape index (κ1) is 15.9. The van der Waals surface area contributed by atoms with E-state index in [4.69, 9.17) is 11.5 Å². The molecule has 0 bridgehead atoms. The molecule has 0 aliphatic heterocycles.